The van der Waals surface area contributed by atoms with Gasteiger partial charge in [0.1, 0.15) is 0 Å². The van der Waals surface area contributed by atoms with Gasteiger partial charge in [-0.1, -0.05) is 42.5 Å². The molecule has 2 aliphatic carbocycles. The van der Waals surface area contributed by atoms with E-state index in [9.17, 15) is 13.2 Å². The highest BCUT2D eigenvalue weighted by Crippen LogP contribution is 2.44. The Kier molecular flexibility index (Phi) is 8.79. The average Bonchev–Trinajstić information content (AvgIpc) is 2.81. The highest BCUT2D eigenvalue weighted by atomic mass is 19.4. The van der Waals surface area contributed by atoms with E-state index in [0.29, 0.717) is 17.8 Å². The third-order valence-electron chi connectivity index (χ3n) is 7.49. The summed E-state index contributed by atoms with van der Waals surface area (Å²) in [6, 6.07) is 7.76. The van der Waals surface area contributed by atoms with E-state index in [2.05, 4.69) is 12.7 Å². The maximum atomic E-state index is 12.8. The van der Waals surface area contributed by atoms with Crippen molar-refractivity contribution < 1.29 is 13.2 Å². The van der Waals surface area contributed by atoms with E-state index in [1.54, 1.807) is 18.2 Å². The van der Waals surface area contributed by atoms with Crippen LogP contribution in [0, 0.1) is 29.1 Å². The lowest BCUT2D eigenvalue weighted by molar-refractivity contribution is -0.137. The molecule has 0 aromatic heterocycles. The van der Waals surface area contributed by atoms with Gasteiger partial charge in [-0.15, -0.1) is 0 Å². The molecule has 0 heterocycles. The lowest BCUT2D eigenvalue weighted by Crippen LogP contribution is -2.22. The van der Waals surface area contributed by atoms with Gasteiger partial charge in [0.2, 0.25) is 0 Å². The average molecular weight is 442 g/mol. The number of benzene rings is 1. The van der Waals surface area contributed by atoms with Gasteiger partial charge >= 0.3 is 6.18 Å². The minimum atomic E-state index is -4.26. The molecule has 1 aromatic carbocycles. The second-order valence-corrected chi connectivity index (χ2v) is 9.45. The molecule has 0 N–H and O–H groups in total. The monoisotopic (exact) mass is 441 g/mol. The molecule has 0 atom stereocenters. The van der Waals surface area contributed by atoms with Crippen molar-refractivity contribution in [3.05, 3.63) is 71.8 Å². The van der Waals surface area contributed by atoms with Crippen molar-refractivity contribution in [2.24, 2.45) is 17.8 Å². The van der Waals surface area contributed by atoms with Gasteiger partial charge in [-0.25, -0.2) is 0 Å². The summed E-state index contributed by atoms with van der Waals surface area (Å²) < 4.78 is 38.4. The van der Waals surface area contributed by atoms with Crippen molar-refractivity contribution in [2.45, 2.75) is 76.3 Å². The number of nitriles is 1. The normalized spacial score (nSPS) is 26.9. The topological polar surface area (TPSA) is 23.8 Å². The summed E-state index contributed by atoms with van der Waals surface area (Å²) in [6.45, 7) is 4.50. The first-order chi connectivity index (χ1) is 15.4. The number of nitrogens with zero attached hydrogens (tertiary/aromatic N) is 1. The lowest BCUT2D eigenvalue weighted by atomic mass is 9.69. The Morgan fingerprint density at radius 3 is 2.09 bits per heavy atom. The van der Waals surface area contributed by atoms with Gasteiger partial charge in [0, 0.05) is 6.08 Å². The van der Waals surface area contributed by atoms with Crippen molar-refractivity contribution in [3.8, 4) is 6.07 Å². The van der Waals surface area contributed by atoms with E-state index < -0.39 is 11.7 Å². The Bertz CT molecular complexity index is 825. The van der Waals surface area contributed by atoms with Gasteiger partial charge in [-0.2, -0.15) is 18.4 Å². The maximum absolute atomic E-state index is 12.8. The fourth-order valence-corrected chi connectivity index (χ4v) is 5.50. The number of halogens is 3. The van der Waals surface area contributed by atoms with Crippen molar-refractivity contribution in [3.63, 3.8) is 0 Å². The predicted octanol–water partition coefficient (Wildman–Crippen LogP) is 8.76. The van der Waals surface area contributed by atoms with Crippen molar-refractivity contribution >= 4 is 0 Å². The highest BCUT2D eigenvalue weighted by Gasteiger charge is 2.32. The molecule has 32 heavy (non-hydrogen) atoms. The molecule has 2 fully saturated rings. The number of alkyl halides is 3. The zero-order valence-corrected chi connectivity index (χ0v) is 18.8. The molecule has 2 aliphatic rings. The summed E-state index contributed by atoms with van der Waals surface area (Å²) in [6.07, 6.45) is 14.7. The van der Waals surface area contributed by atoms with E-state index in [1.807, 2.05) is 12.1 Å². The molecule has 0 unspecified atom stereocenters. The summed E-state index contributed by atoms with van der Waals surface area (Å²) in [4.78, 5) is 0. The standard InChI is InChI=1S/C28H34F3N/c1-21(23-10-8-22(9-11-23)7-5-3-2-4-6-20-32)24-12-14-25(15-13-24)26-16-18-27(19-17-26)28(29,30)31/h2-4,6,16-19,22-25H,1,5,7-15H2/b3-2+,6-4+. The van der Waals surface area contributed by atoms with Crippen LogP contribution in [0.4, 0.5) is 13.2 Å². The zero-order chi connectivity index (χ0) is 23.0. The first kappa shape index (κ1) is 24.4. The lowest BCUT2D eigenvalue weighted by Gasteiger charge is -2.36. The van der Waals surface area contributed by atoms with Gasteiger partial charge < -0.3 is 0 Å². The van der Waals surface area contributed by atoms with E-state index in [-0.39, 0.29) is 0 Å². The first-order valence-electron chi connectivity index (χ1n) is 12.0. The van der Waals surface area contributed by atoms with Crippen LogP contribution >= 0.6 is 0 Å². The van der Waals surface area contributed by atoms with Gasteiger partial charge in [0.15, 0.2) is 0 Å². The first-order valence-corrected chi connectivity index (χ1v) is 12.0. The molecular weight excluding hydrogens is 407 g/mol. The molecule has 0 aliphatic heterocycles. The molecule has 0 saturated heterocycles. The molecular formula is C28H34F3N. The Hall–Kier alpha value is -2.28. The largest absolute Gasteiger partial charge is 0.416 e. The van der Waals surface area contributed by atoms with Crippen LogP contribution < -0.4 is 0 Å². The van der Waals surface area contributed by atoms with Crippen LogP contribution in [0.5, 0.6) is 0 Å². The summed E-state index contributed by atoms with van der Waals surface area (Å²) in [5, 5.41) is 8.48. The van der Waals surface area contributed by atoms with Crippen LogP contribution in [0.15, 0.2) is 60.7 Å². The molecule has 1 aromatic rings. The van der Waals surface area contributed by atoms with Crippen LogP contribution in [0.1, 0.15) is 81.3 Å². The minimum absolute atomic E-state index is 0.369. The summed E-state index contributed by atoms with van der Waals surface area (Å²) >= 11 is 0. The molecule has 2 saturated carbocycles. The van der Waals surface area contributed by atoms with E-state index >= 15 is 0 Å². The summed E-state index contributed by atoms with van der Waals surface area (Å²) in [5.74, 6) is 2.36. The van der Waals surface area contributed by atoms with E-state index in [1.165, 1.54) is 55.9 Å². The fourth-order valence-electron chi connectivity index (χ4n) is 5.50. The maximum Gasteiger partial charge on any atom is 0.416 e. The van der Waals surface area contributed by atoms with Gasteiger partial charge in [-0.05, 0) is 106 Å². The molecule has 1 nitrogen and oxygen atoms in total. The van der Waals surface area contributed by atoms with Gasteiger partial charge in [-0.3, -0.25) is 0 Å². The van der Waals surface area contributed by atoms with Gasteiger partial charge in [0.25, 0.3) is 0 Å². The zero-order valence-electron chi connectivity index (χ0n) is 18.8. The summed E-state index contributed by atoms with van der Waals surface area (Å²) in [7, 11) is 0. The SMILES string of the molecule is C=C(C1CCC(CC/C=C/C=C/C#N)CC1)C1CCC(c2ccc(C(F)(F)F)cc2)CC1. The number of rotatable bonds is 7. The van der Waals surface area contributed by atoms with Crippen LogP contribution in [0.2, 0.25) is 0 Å². The second-order valence-electron chi connectivity index (χ2n) is 9.45. The summed E-state index contributed by atoms with van der Waals surface area (Å²) in [5.41, 5.74) is 1.90. The van der Waals surface area contributed by atoms with Crippen LogP contribution in [-0.2, 0) is 6.18 Å². The number of hydrogen-bond acceptors (Lipinski definition) is 1. The molecule has 0 spiro atoms. The Morgan fingerprint density at radius 1 is 0.938 bits per heavy atom. The Balaban J connectivity index is 1.40. The van der Waals surface area contributed by atoms with E-state index in [0.717, 1.165) is 43.6 Å². The quantitative estimate of drug-likeness (QED) is 0.236. The Morgan fingerprint density at radius 2 is 1.53 bits per heavy atom. The van der Waals surface area contributed by atoms with Crippen LogP contribution in [-0.4, -0.2) is 0 Å². The third kappa shape index (κ3) is 6.86. The van der Waals surface area contributed by atoms with Crippen molar-refractivity contribution in [1.82, 2.24) is 0 Å². The highest BCUT2D eigenvalue weighted by molar-refractivity contribution is 5.27. The minimum Gasteiger partial charge on any atom is -0.193 e. The predicted molar refractivity (Wildman–Crippen MR) is 124 cm³/mol. The number of allylic oxidation sites excluding steroid dienone is 5. The van der Waals surface area contributed by atoms with E-state index in [4.69, 9.17) is 5.26 Å². The molecule has 172 valence electrons. The second kappa shape index (κ2) is 11.5. The van der Waals surface area contributed by atoms with Crippen molar-refractivity contribution in [1.29, 1.82) is 5.26 Å². The number of hydrogen-bond donors (Lipinski definition) is 0. The van der Waals surface area contributed by atoms with Crippen molar-refractivity contribution in [2.75, 3.05) is 0 Å². The molecule has 0 bridgehead atoms. The molecule has 0 radical (unpaired) electrons. The van der Waals surface area contributed by atoms with Gasteiger partial charge in [0.05, 0.1) is 11.6 Å². The molecule has 4 heteroatoms. The Labute approximate surface area is 190 Å². The smallest absolute Gasteiger partial charge is 0.193 e. The van der Waals surface area contributed by atoms with Crippen LogP contribution in [0.25, 0.3) is 0 Å². The fraction of sp³-hybridized carbons (Fsp3) is 0.536. The van der Waals surface area contributed by atoms with Crippen LogP contribution in [0.3, 0.4) is 0 Å². The molecule has 3 rings (SSSR count). The third-order valence-corrected chi connectivity index (χ3v) is 7.49. The molecule has 0 amide bonds.